The largest absolute Gasteiger partial charge is 0.416 e. The summed E-state index contributed by atoms with van der Waals surface area (Å²) in [7, 11) is 0. The average molecular weight is 488 g/mol. The lowest BCUT2D eigenvalue weighted by atomic mass is 9.76. The van der Waals surface area contributed by atoms with E-state index >= 15 is 0 Å². The molecule has 35 heavy (non-hydrogen) atoms. The molecule has 0 spiro atoms. The van der Waals surface area contributed by atoms with Gasteiger partial charge < -0.3 is 10.3 Å². The molecule has 1 aliphatic heterocycles. The minimum absolute atomic E-state index is 0.189. The van der Waals surface area contributed by atoms with Crippen LogP contribution in [0.2, 0.25) is 0 Å². The van der Waals surface area contributed by atoms with Gasteiger partial charge in [0.05, 0.1) is 29.1 Å². The lowest BCUT2D eigenvalue weighted by Gasteiger charge is -2.47. The van der Waals surface area contributed by atoms with Crippen molar-refractivity contribution in [1.82, 2.24) is 19.7 Å². The molecule has 5 rings (SSSR count). The van der Waals surface area contributed by atoms with Crippen molar-refractivity contribution in [2.45, 2.75) is 56.0 Å². The summed E-state index contributed by atoms with van der Waals surface area (Å²) in [5.74, 6) is 0.212. The number of hydrogen-bond acceptors (Lipinski definition) is 5. The molecule has 1 saturated carbocycles. The fourth-order valence-electron chi connectivity index (χ4n) is 5.27. The maximum Gasteiger partial charge on any atom is 0.416 e. The van der Waals surface area contributed by atoms with Crippen LogP contribution < -0.4 is 10.9 Å². The third-order valence-electron chi connectivity index (χ3n) is 7.20. The molecular weight excluding hydrogens is 464 g/mol. The number of H-pyrrole nitrogens is 1. The molecule has 2 aromatic heterocycles. The van der Waals surface area contributed by atoms with Gasteiger partial charge in [0.2, 0.25) is 0 Å². The molecule has 3 aromatic rings. The molecular formula is C24H24F4N6O. The molecule has 2 N–H and O–H groups in total. The average Bonchev–Trinajstić information content (AvgIpc) is 3.18. The molecule has 0 amide bonds. The molecule has 0 atom stereocenters. The number of benzene rings is 1. The van der Waals surface area contributed by atoms with E-state index in [9.17, 15) is 27.6 Å². The Hall–Kier alpha value is -3.39. The number of likely N-dealkylation sites (tertiary alicyclic amines) is 1. The van der Waals surface area contributed by atoms with Gasteiger partial charge in [-0.1, -0.05) is 0 Å². The molecule has 7 nitrogen and oxygen atoms in total. The van der Waals surface area contributed by atoms with E-state index in [2.05, 4.69) is 26.4 Å². The van der Waals surface area contributed by atoms with Gasteiger partial charge >= 0.3 is 6.18 Å². The lowest BCUT2D eigenvalue weighted by molar-refractivity contribution is -0.137. The molecule has 184 valence electrons. The fraction of sp³-hybridized carbons (Fsp3) is 0.458. The molecule has 2 aliphatic rings. The van der Waals surface area contributed by atoms with E-state index in [-0.39, 0.29) is 23.7 Å². The molecule has 1 aliphatic carbocycles. The number of alkyl halides is 4. The highest BCUT2D eigenvalue weighted by molar-refractivity contribution is 5.91. The van der Waals surface area contributed by atoms with Crippen molar-refractivity contribution < 1.29 is 17.6 Å². The van der Waals surface area contributed by atoms with Crippen LogP contribution in [0, 0.1) is 11.3 Å². The first-order valence-electron chi connectivity index (χ1n) is 11.5. The predicted octanol–water partition coefficient (Wildman–Crippen LogP) is 4.69. The first kappa shape index (κ1) is 23.4. The van der Waals surface area contributed by atoms with Crippen LogP contribution in [0.5, 0.6) is 0 Å². The van der Waals surface area contributed by atoms with Crippen molar-refractivity contribution in [3.63, 3.8) is 0 Å². The number of aromatic amines is 1. The SMILES string of the molecule is N#CC[C@]1(n2nc(Nc3ccc(C(F)(F)F)cc3)c3c(=O)[nH]ccc32)CC[C@H](N2CC(F)C2)CC1. The van der Waals surface area contributed by atoms with Crippen molar-refractivity contribution >= 4 is 22.4 Å². The summed E-state index contributed by atoms with van der Waals surface area (Å²) in [6.07, 6.45) is -0.688. The number of fused-ring (bicyclic) bond motifs is 1. The predicted molar refractivity (Wildman–Crippen MR) is 122 cm³/mol. The molecule has 11 heteroatoms. The second-order valence-corrected chi connectivity index (χ2v) is 9.37. The van der Waals surface area contributed by atoms with E-state index in [4.69, 9.17) is 0 Å². The minimum Gasteiger partial charge on any atom is -0.338 e. The zero-order chi connectivity index (χ0) is 24.8. The number of hydrogen-bond donors (Lipinski definition) is 2. The fourth-order valence-corrected chi connectivity index (χ4v) is 5.27. The van der Waals surface area contributed by atoms with Crippen molar-refractivity contribution in [1.29, 1.82) is 5.26 Å². The monoisotopic (exact) mass is 488 g/mol. The van der Waals surface area contributed by atoms with Crippen LogP contribution in [-0.2, 0) is 11.7 Å². The first-order chi connectivity index (χ1) is 16.7. The van der Waals surface area contributed by atoms with Crippen LogP contribution >= 0.6 is 0 Å². The van der Waals surface area contributed by atoms with Crippen LogP contribution in [0.25, 0.3) is 10.9 Å². The summed E-state index contributed by atoms with van der Waals surface area (Å²) in [6, 6.07) is 8.73. The summed E-state index contributed by atoms with van der Waals surface area (Å²) in [5.41, 5.74) is -0.910. The topological polar surface area (TPSA) is 89.7 Å². The highest BCUT2D eigenvalue weighted by Crippen LogP contribution is 2.42. The zero-order valence-electron chi connectivity index (χ0n) is 18.8. The number of pyridine rings is 1. The Labute approximate surface area is 198 Å². The van der Waals surface area contributed by atoms with E-state index in [1.807, 2.05) is 0 Å². The number of anilines is 2. The van der Waals surface area contributed by atoms with Gasteiger partial charge in [0, 0.05) is 31.0 Å². The van der Waals surface area contributed by atoms with Crippen LogP contribution in [-0.4, -0.2) is 45.0 Å². The maximum absolute atomic E-state index is 13.3. The van der Waals surface area contributed by atoms with Gasteiger partial charge in [-0.15, -0.1) is 0 Å². The normalized spacial score (nSPS) is 23.7. The number of aromatic nitrogens is 3. The van der Waals surface area contributed by atoms with Gasteiger partial charge in [0.1, 0.15) is 11.6 Å². The van der Waals surface area contributed by atoms with E-state index in [0.29, 0.717) is 37.1 Å². The number of nitrogens with zero attached hydrogens (tertiary/aromatic N) is 4. The van der Waals surface area contributed by atoms with Gasteiger partial charge in [-0.25, -0.2) is 4.39 Å². The lowest BCUT2D eigenvalue weighted by Crippen LogP contribution is -2.55. The Morgan fingerprint density at radius 1 is 1.17 bits per heavy atom. The number of rotatable bonds is 5. The van der Waals surface area contributed by atoms with Crippen LogP contribution in [0.4, 0.5) is 29.1 Å². The van der Waals surface area contributed by atoms with Crippen LogP contribution in [0.15, 0.2) is 41.3 Å². The second-order valence-electron chi connectivity index (χ2n) is 9.37. The molecule has 0 unspecified atom stereocenters. The van der Waals surface area contributed by atoms with Gasteiger partial charge in [0.15, 0.2) is 5.82 Å². The summed E-state index contributed by atoms with van der Waals surface area (Å²) in [4.78, 5) is 17.5. The van der Waals surface area contributed by atoms with E-state index in [1.165, 1.54) is 18.3 Å². The second kappa shape index (κ2) is 8.68. The molecule has 3 heterocycles. The Morgan fingerprint density at radius 3 is 2.46 bits per heavy atom. The summed E-state index contributed by atoms with van der Waals surface area (Å²) in [6.45, 7) is 0.883. The van der Waals surface area contributed by atoms with Gasteiger partial charge in [-0.05, 0) is 56.0 Å². The number of nitriles is 1. The quantitative estimate of drug-likeness (QED) is 0.509. The maximum atomic E-state index is 13.3. The third kappa shape index (κ3) is 4.27. The molecule has 2 fully saturated rings. The van der Waals surface area contributed by atoms with E-state index in [0.717, 1.165) is 25.0 Å². The summed E-state index contributed by atoms with van der Waals surface area (Å²) in [5, 5.41) is 17.6. The molecule has 0 radical (unpaired) electrons. The van der Waals surface area contributed by atoms with Crippen molar-refractivity contribution in [2.75, 3.05) is 18.4 Å². The Kier molecular flexibility index (Phi) is 5.79. The van der Waals surface area contributed by atoms with Crippen molar-refractivity contribution in [3.8, 4) is 6.07 Å². The smallest absolute Gasteiger partial charge is 0.338 e. The van der Waals surface area contributed by atoms with Crippen molar-refractivity contribution in [2.24, 2.45) is 0 Å². The van der Waals surface area contributed by atoms with Gasteiger partial charge in [-0.3, -0.25) is 14.4 Å². The van der Waals surface area contributed by atoms with Crippen molar-refractivity contribution in [3.05, 3.63) is 52.4 Å². The summed E-state index contributed by atoms with van der Waals surface area (Å²) >= 11 is 0. The Balaban J connectivity index is 1.49. The van der Waals surface area contributed by atoms with Gasteiger partial charge in [-0.2, -0.15) is 23.5 Å². The Morgan fingerprint density at radius 2 is 1.86 bits per heavy atom. The van der Waals surface area contributed by atoms with Gasteiger partial charge in [0.25, 0.3) is 5.56 Å². The van der Waals surface area contributed by atoms with E-state index < -0.39 is 29.0 Å². The zero-order valence-corrected chi connectivity index (χ0v) is 18.8. The summed E-state index contributed by atoms with van der Waals surface area (Å²) < 4.78 is 53.9. The third-order valence-corrected chi connectivity index (χ3v) is 7.20. The van der Waals surface area contributed by atoms with Crippen LogP contribution in [0.1, 0.15) is 37.7 Å². The van der Waals surface area contributed by atoms with E-state index in [1.54, 1.807) is 10.7 Å². The van der Waals surface area contributed by atoms with Crippen LogP contribution in [0.3, 0.4) is 0 Å². The highest BCUT2D eigenvalue weighted by Gasteiger charge is 2.43. The molecule has 1 saturated heterocycles. The highest BCUT2D eigenvalue weighted by atomic mass is 19.4. The minimum atomic E-state index is -4.45. The molecule has 1 aromatic carbocycles. The Bertz CT molecular complexity index is 1310. The number of halogens is 4. The first-order valence-corrected chi connectivity index (χ1v) is 11.5. The molecule has 0 bridgehead atoms. The number of nitrogens with one attached hydrogen (secondary N) is 2. The standard InChI is InChI=1S/C24H24F4N6O/c25-16-13-33(14-16)18-5-8-23(9-6-18,10-11-29)34-19-7-12-30-22(35)20(19)21(32-34)31-17-3-1-15(2-4-17)24(26,27)28/h1-4,7,12,16,18H,5-6,8-10,13-14H2,(H,30,35)(H,31,32)/t18-,23-.